The Kier molecular flexibility index (Phi) is 2.96. The fourth-order valence-electron chi connectivity index (χ4n) is 1.60. The number of anilines is 1. The highest BCUT2D eigenvalue weighted by Crippen LogP contribution is 2.23. The lowest BCUT2D eigenvalue weighted by Crippen LogP contribution is -2.51. The summed E-state index contributed by atoms with van der Waals surface area (Å²) in [6, 6.07) is 5.78. The van der Waals surface area contributed by atoms with Gasteiger partial charge in [0.05, 0.1) is 13.1 Å². The molecule has 1 heterocycles. The van der Waals surface area contributed by atoms with E-state index in [-0.39, 0.29) is 24.9 Å². The van der Waals surface area contributed by atoms with Crippen molar-refractivity contribution in [2.24, 2.45) is 0 Å². The van der Waals surface area contributed by atoms with Crippen LogP contribution in [0.2, 0.25) is 0 Å². The van der Waals surface area contributed by atoms with Crippen LogP contribution in [0.4, 0.5) is 5.69 Å². The van der Waals surface area contributed by atoms with Gasteiger partial charge in [-0.3, -0.25) is 14.9 Å². The van der Waals surface area contributed by atoms with Crippen molar-refractivity contribution in [1.29, 1.82) is 0 Å². The third kappa shape index (κ3) is 2.24. The first-order valence-electron chi connectivity index (χ1n) is 4.90. The molecular formula is C11H11BrN2O2. The van der Waals surface area contributed by atoms with Crippen LogP contribution in [-0.4, -0.2) is 24.9 Å². The second-order valence-electron chi connectivity index (χ2n) is 3.76. The van der Waals surface area contributed by atoms with Gasteiger partial charge in [-0.05, 0) is 24.6 Å². The van der Waals surface area contributed by atoms with E-state index in [4.69, 9.17) is 0 Å². The van der Waals surface area contributed by atoms with Crippen molar-refractivity contribution in [2.75, 3.05) is 18.0 Å². The van der Waals surface area contributed by atoms with Crippen LogP contribution in [-0.2, 0) is 9.59 Å². The molecule has 5 heteroatoms. The highest BCUT2D eigenvalue weighted by Gasteiger charge is 2.22. The van der Waals surface area contributed by atoms with E-state index in [1.807, 2.05) is 25.1 Å². The molecule has 0 aromatic heterocycles. The molecule has 4 nitrogen and oxygen atoms in total. The Morgan fingerprint density at radius 3 is 2.44 bits per heavy atom. The van der Waals surface area contributed by atoms with Gasteiger partial charge in [0.1, 0.15) is 0 Å². The van der Waals surface area contributed by atoms with E-state index in [9.17, 15) is 9.59 Å². The van der Waals surface area contributed by atoms with E-state index in [0.717, 1.165) is 15.7 Å². The van der Waals surface area contributed by atoms with Crippen molar-refractivity contribution >= 4 is 33.4 Å². The Balaban J connectivity index is 2.26. The van der Waals surface area contributed by atoms with Crippen LogP contribution in [0, 0.1) is 6.92 Å². The number of hydrogen-bond donors (Lipinski definition) is 1. The lowest BCUT2D eigenvalue weighted by atomic mass is 10.2. The number of rotatable bonds is 1. The molecule has 2 rings (SSSR count). The van der Waals surface area contributed by atoms with Crippen LogP contribution in [0.25, 0.3) is 0 Å². The first-order valence-corrected chi connectivity index (χ1v) is 5.69. The number of carbonyl (C=O) groups excluding carboxylic acids is 2. The van der Waals surface area contributed by atoms with Gasteiger partial charge in [0, 0.05) is 10.2 Å². The average molecular weight is 283 g/mol. The molecule has 1 aromatic rings. The Bertz CT molecular complexity index is 443. The maximum atomic E-state index is 11.2. The fraction of sp³-hybridized carbons (Fsp3) is 0.273. The summed E-state index contributed by atoms with van der Waals surface area (Å²) in [5, 5.41) is 2.27. The number of hydrogen-bond acceptors (Lipinski definition) is 3. The van der Waals surface area contributed by atoms with Crippen molar-refractivity contribution in [1.82, 2.24) is 5.32 Å². The van der Waals surface area contributed by atoms with E-state index < -0.39 is 0 Å². The van der Waals surface area contributed by atoms with Gasteiger partial charge >= 0.3 is 0 Å². The summed E-state index contributed by atoms with van der Waals surface area (Å²) < 4.78 is 0.975. The van der Waals surface area contributed by atoms with E-state index in [1.54, 1.807) is 4.90 Å². The van der Waals surface area contributed by atoms with Gasteiger partial charge in [0.15, 0.2) is 0 Å². The lowest BCUT2D eigenvalue weighted by molar-refractivity contribution is -0.130. The highest BCUT2D eigenvalue weighted by atomic mass is 79.9. The van der Waals surface area contributed by atoms with E-state index >= 15 is 0 Å². The van der Waals surface area contributed by atoms with Crippen LogP contribution in [0.1, 0.15) is 5.56 Å². The van der Waals surface area contributed by atoms with Crippen molar-refractivity contribution in [3.8, 4) is 0 Å². The predicted octanol–water partition coefficient (Wildman–Crippen LogP) is 1.22. The smallest absolute Gasteiger partial charge is 0.246 e. The minimum absolute atomic E-state index is 0.223. The molecule has 0 saturated carbocycles. The van der Waals surface area contributed by atoms with Gasteiger partial charge in [-0.25, -0.2) is 0 Å². The zero-order valence-corrected chi connectivity index (χ0v) is 10.4. The highest BCUT2D eigenvalue weighted by molar-refractivity contribution is 9.10. The molecule has 1 aliphatic heterocycles. The summed E-state index contributed by atoms with van der Waals surface area (Å²) in [6.45, 7) is 2.43. The third-order valence-electron chi connectivity index (χ3n) is 2.47. The molecule has 1 aromatic carbocycles. The average Bonchev–Trinajstić information content (AvgIpc) is 2.20. The quantitative estimate of drug-likeness (QED) is 0.788. The molecule has 16 heavy (non-hydrogen) atoms. The van der Waals surface area contributed by atoms with Crippen LogP contribution in [0.5, 0.6) is 0 Å². The monoisotopic (exact) mass is 282 g/mol. The minimum atomic E-state index is -0.257. The Hall–Kier alpha value is -1.36. The van der Waals surface area contributed by atoms with Crippen LogP contribution in [0.3, 0.4) is 0 Å². The minimum Gasteiger partial charge on any atom is -0.353 e. The molecule has 2 amide bonds. The summed E-state index contributed by atoms with van der Waals surface area (Å²) in [7, 11) is 0. The molecule has 0 atom stereocenters. The molecule has 0 radical (unpaired) electrons. The van der Waals surface area contributed by atoms with Crippen molar-refractivity contribution < 1.29 is 9.59 Å². The number of nitrogens with one attached hydrogen (secondary N) is 1. The number of aryl methyl sites for hydroxylation is 1. The van der Waals surface area contributed by atoms with Crippen LogP contribution >= 0.6 is 15.9 Å². The summed E-state index contributed by atoms with van der Waals surface area (Å²) >= 11 is 3.43. The lowest BCUT2D eigenvalue weighted by Gasteiger charge is -2.27. The summed E-state index contributed by atoms with van der Waals surface area (Å²) in [6.07, 6.45) is 0. The largest absolute Gasteiger partial charge is 0.353 e. The second kappa shape index (κ2) is 4.25. The van der Waals surface area contributed by atoms with E-state index in [1.165, 1.54) is 0 Å². The molecular weight excluding hydrogens is 272 g/mol. The Morgan fingerprint density at radius 2 is 1.88 bits per heavy atom. The van der Waals surface area contributed by atoms with Gasteiger partial charge in [-0.1, -0.05) is 22.0 Å². The van der Waals surface area contributed by atoms with Crippen molar-refractivity contribution in [3.63, 3.8) is 0 Å². The zero-order chi connectivity index (χ0) is 11.7. The predicted molar refractivity (Wildman–Crippen MR) is 64.2 cm³/mol. The van der Waals surface area contributed by atoms with Gasteiger partial charge in [-0.15, -0.1) is 0 Å². The number of halogens is 1. The first-order chi connectivity index (χ1) is 7.56. The van der Waals surface area contributed by atoms with E-state index in [2.05, 4.69) is 21.2 Å². The van der Waals surface area contributed by atoms with Crippen LogP contribution in [0.15, 0.2) is 22.7 Å². The molecule has 0 bridgehead atoms. The van der Waals surface area contributed by atoms with Gasteiger partial charge in [0.25, 0.3) is 0 Å². The summed E-state index contributed by atoms with van der Waals surface area (Å²) in [5.74, 6) is -0.513. The first kappa shape index (κ1) is 11.1. The molecule has 1 N–H and O–H groups in total. The number of carbonyl (C=O) groups is 2. The van der Waals surface area contributed by atoms with Crippen molar-refractivity contribution in [2.45, 2.75) is 6.92 Å². The Morgan fingerprint density at radius 1 is 1.25 bits per heavy atom. The molecule has 0 unspecified atom stereocenters. The maximum absolute atomic E-state index is 11.2. The normalized spacial score (nSPS) is 16.2. The molecule has 1 aliphatic rings. The number of imide groups is 1. The number of piperazine rings is 1. The standard InChI is InChI=1S/C11H11BrN2O2/c1-7-2-3-8(4-9(7)12)14-5-10(15)13-11(16)6-14/h2-4H,5-6H2,1H3,(H,13,15,16). The third-order valence-corrected chi connectivity index (χ3v) is 3.32. The molecule has 0 spiro atoms. The topological polar surface area (TPSA) is 49.4 Å². The maximum Gasteiger partial charge on any atom is 0.246 e. The molecule has 1 saturated heterocycles. The Labute approximate surface area is 102 Å². The van der Waals surface area contributed by atoms with Gasteiger partial charge < -0.3 is 4.90 Å². The summed E-state index contributed by atoms with van der Waals surface area (Å²) in [5.41, 5.74) is 2.00. The number of nitrogens with zero attached hydrogens (tertiary/aromatic N) is 1. The number of benzene rings is 1. The van der Waals surface area contributed by atoms with Crippen molar-refractivity contribution in [3.05, 3.63) is 28.2 Å². The fourth-order valence-corrected chi connectivity index (χ4v) is 1.96. The van der Waals surface area contributed by atoms with Gasteiger partial charge in [0.2, 0.25) is 11.8 Å². The SMILES string of the molecule is Cc1ccc(N2CC(=O)NC(=O)C2)cc1Br. The zero-order valence-electron chi connectivity index (χ0n) is 8.79. The summed E-state index contributed by atoms with van der Waals surface area (Å²) in [4.78, 5) is 24.2. The number of amides is 2. The van der Waals surface area contributed by atoms with Gasteiger partial charge in [-0.2, -0.15) is 0 Å². The van der Waals surface area contributed by atoms with E-state index in [0.29, 0.717) is 0 Å². The second-order valence-corrected chi connectivity index (χ2v) is 4.62. The van der Waals surface area contributed by atoms with Crippen LogP contribution < -0.4 is 10.2 Å². The molecule has 0 aliphatic carbocycles. The molecule has 84 valence electrons. The molecule has 1 fully saturated rings.